The summed E-state index contributed by atoms with van der Waals surface area (Å²) in [5.41, 5.74) is 1.75. The van der Waals surface area contributed by atoms with E-state index in [-0.39, 0.29) is 22.3 Å². The number of nitriles is 1. The highest BCUT2D eigenvalue weighted by molar-refractivity contribution is 7.89. The molecule has 0 aliphatic heterocycles. The summed E-state index contributed by atoms with van der Waals surface area (Å²) in [6, 6.07) is 4.81. The lowest BCUT2D eigenvalue weighted by Crippen LogP contribution is -2.42. The molecule has 1 atom stereocenters. The molecular formula is C23H18F4N6O2S. The third-order valence-corrected chi connectivity index (χ3v) is 6.99. The quantitative estimate of drug-likeness (QED) is 0.393. The number of alkyl halides is 3. The summed E-state index contributed by atoms with van der Waals surface area (Å²) < 4.78 is 80.9. The van der Waals surface area contributed by atoms with Gasteiger partial charge in [-0.15, -0.1) is 0 Å². The van der Waals surface area contributed by atoms with Gasteiger partial charge in [-0.1, -0.05) is 0 Å². The van der Waals surface area contributed by atoms with E-state index < -0.39 is 33.0 Å². The second-order valence-corrected chi connectivity index (χ2v) is 9.78. The van der Waals surface area contributed by atoms with Gasteiger partial charge < -0.3 is 0 Å². The van der Waals surface area contributed by atoms with Crippen LogP contribution in [0.5, 0.6) is 0 Å². The standard InChI is InChI=1S/C23H18F4N6O2S/c1-12-6-20-16(7-18(12)24)17(8-28)22(33(20)21-11-29-13(2)9-31-21)19-5-4-15(10-30-19)36(34,35)32-14(3)23(25,26)27/h4-7,9-11,14,32H,1-3H3/t14-/m0/s1. The molecule has 13 heteroatoms. The maximum Gasteiger partial charge on any atom is 0.404 e. The van der Waals surface area contributed by atoms with E-state index in [0.29, 0.717) is 29.5 Å². The Bertz CT molecular complexity index is 1610. The summed E-state index contributed by atoms with van der Waals surface area (Å²) in [6.45, 7) is 3.98. The molecule has 4 rings (SSSR count). The fourth-order valence-electron chi connectivity index (χ4n) is 3.55. The van der Waals surface area contributed by atoms with Gasteiger partial charge >= 0.3 is 6.18 Å². The van der Waals surface area contributed by atoms with Crippen LogP contribution in [0, 0.1) is 31.0 Å². The van der Waals surface area contributed by atoms with Gasteiger partial charge in [-0.2, -0.15) is 23.2 Å². The van der Waals surface area contributed by atoms with Gasteiger partial charge in [-0.3, -0.25) is 14.5 Å². The van der Waals surface area contributed by atoms with Crippen LogP contribution in [0.4, 0.5) is 17.6 Å². The molecule has 0 saturated carbocycles. The third-order valence-electron chi connectivity index (χ3n) is 5.47. The van der Waals surface area contributed by atoms with Crippen molar-refractivity contribution in [2.24, 2.45) is 0 Å². The zero-order valence-corrected chi connectivity index (χ0v) is 19.9. The van der Waals surface area contributed by atoms with Crippen LogP contribution >= 0.6 is 0 Å². The topological polar surface area (TPSA) is 114 Å². The average Bonchev–Trinajstić information content (AvgIpc) is 3.12. The Morgan fingerprint density at radius 1 is 1.08 bits per heavy atom. The number of halogens is 4. The van der Waals surface area contributed by atoms with Gasteiger partial charge in [-0.25, -0.2) is 17.8 Å². The first-order chi connectivity index (χ1) is 16.8. The van der Waals surface area contributed by atoms with Crippen molar-refractivity contribution < 1.29 is 26.0 Å². The van der Waals surface area contributed by atoms with Crippen molar-refractivity contribution in [1.29, 1.82) is 5.26 Å². The number of fused-ring (bicyclic) bond motifs is 1. The fraction of sp³-hybridized carbons (Fsp3) is 0.217. The Hall–Kier alpha value is -3.89. The van der Waals surface area contributed by atoms with Crippen LogP contribution in [0.2, 0.25) is 0 Å². The molecule has 0 spiro atoms. The molecule has 3 heterocycles. The van der Waals surface area contributed by atoms with Crippen molar-refractivity contribution in [3.8, 4) is 23.3 Å². The van der Waals surface area contributed by atoms with Crippen LogP contribution in [-0.2, 0) is 10.0 Å². The van der Waals surface area contributed by atoms with Gasteiger partial charge in [0, 0.05) is 11.6 Å². The van der Waals surface area contributed by atoms with E-state index in [2.05, 4.69) is 15.0 Å². The van der Waals surface area contributed by atoms with Crippen LogP contribution in [0.25, 0.3) is 28.1 Å². The van der Waals surface area contributed by atoms with Gasteiger partial charge in [0.1, 0.15) is 22.8 Å². The van der Waals surface area contributed by atoms with Crippen LogP contribution in [0.3, 0.4) is 0 Å². The van der Waals surface area contributed by atoms with Crippen molar-refractivity contribution in [2.75, 3.05) is 0 Å². The van der Waals surface area contributed by atoms with E-state index in [9.17, 15) is 31.2 Å². The minimum Gasteiger partial charge on any atom is -0.290 e. The number of sulfonamides is 1. The van der Waals surface area contributed by atoms with Crippen LogP contribution in [0.1, 0.15) is 23.7 Å². The summed E-state index contributed by atoms with van der Waals surface area (Å²) in [4.78, 5) is 12.2. The molecule has 8 nitrogen and oxygen atoms in total. The third kappa shape index (κ3) is 4.52. The number of nitrogens with zero attached hydrogens (tertiary/aromatic N) is 5. The number of nitrogens with one attached hydrogen (secondary N) is 1. The highest BCUT2D eigenvalue weighted by Crippen LogP contribution is 2.36. The molecule has 0 fully saturated rings. The molecule has 0 unspecified atom stereocenters. The van der Waals surface area contributed by atoms with Gasteiger partial charge in [-0.05, 0) is 50.6 Å². The maximum atomic E-state index is 14.4. The lowest BCUT2D eigenvalue weighted by atomic mass is 10.1. The number of hydrogen-bond donors (Lipinski definition) is 1. The van der Waals surface area contributed by atoms with Crippen LogP contribution in [-0.4, -0.2) is 40.2 Å². The van der Waals surface area contributed by atoms with Crippen molar-refractivity contribution >= 4 is 20.9 Å². The zero-order chi connectivity index (χ0) is 26.4. The Balaban J connectivity index is 1.91. The Morgan fingerprint density at radius 3 is 2.36 bits per heavy atom. The molecule has 36 heavy (non-hydrogen) atoms. The number of benzene rings is 1. The second kappa shape index (κ2) is 8.96. The highest BCUT2D eigenvalue weighted by Gasteiger charge is 2.39. The predicted molar refractivity (Wildman–Crippen MR) is 122 cm³/mol. The molecule has 0 aliphatic carbocycles. The Kier molecular flexibility index (Phi) is 6.27. The van der Waals surface area contributed by atoms with Crippen molar-refractivity contribution in [2.45, 2.75) is 37.9 Å². The summed E-state index contributed by atoms with van der Waals surface area (Å²) >= 11 is 0. The summed E-state index contributed by atoms with van der Waals surface area (Å²) in [6.07, 6.45) is -0.925. The second-order valence-electron chi connectivity index (χ2n) is 8.07. The Morgan fingerprint density at radius 2 is 1.81 bits per heavy atom. The van der Waals surface area contributed by atoms with E-state index in [1.165, 1.54) is 30.6 Å². The SMILES string of the molecule is Cc1cnc(-n2c(-c3ccc(S(=O)(=O)N[C@@H](C)C(F)(F)F)cn3)c(C#N)c3cc(F)c(C)cc32)cn1. The predicted octanol–water partition coefficient (Wildman–Crippen LogP) is 4.34. The van der Waals surface area contributed by atoms with E-state index >= 15 is 0 Å². The number of rotatable bonds is 5. The lowest BCUT2D eigenvalue weighted by Gasteiger charge is -2.17. The van der Waals surface area contributed by atoms with E-state index in [0.717, 1.165) is 12.3 Å². The summed E-state index contributed by atoms with van der Waals surface area (Å²) in [7, 11) is -4.54. The molecule has 0 radical (unpaired) electrons. The van der Waals surface area contributed by atoms with Crippen molar-refractivity contribution in [1.82, 2.24) is 24.2 Å². The molecule has 0 amide bonds. The zero-order valence-electron chi connectivity index (χ0n) is 19.1. The van der Waals surface area contributed by atoms with E-state index in [4.69, 9.17) is 0 Å². The lowest BCUT2D eigenvalue weighted by molar-refractivity contribution is -0.147. The molecule has 0 bridgehead atoms. The highest BCUT2D eigenvalue weighted by atomic mass is 32.2. The number of aromatic nitrogens is 4. The van der Waals surface area contributed by atoms with Gasteiger partial charge in [0.25, 0.3) is 0 Å². The molecule has 186 valence electrons. The van der Waals surface area contributed by atoms with Gasteiger partial charge in [0.2, 0.25) is 10.0 Å². The molecular weight excluding hydrogens is 500 g/mol. The molecule has 3 aromatic heterocycles. The van der Waals surface area contributed by atoms with E-state index in [1.54, 1.807) is 23.1 Å². The maximum absolute atomic E-state index is 14.4. The minimum atomic E-state index is -4.77. The largest absolute Gasteiger partial charge is 0.404 e. The van der Waals surface area contributed by atoms with Gasteiger partial charge in [0.05, 0.1) is 40.6 Å². The van der Waals surface area contributed by atoms with E-state index in [1.807, 2.05) is 6.07 Å². The van der Waals surface area contributed by atoms with Crippen LogP contribution < -0.4 is 4.72 Å². The molecule has 4 aromatic rings. The first-order valence-corrected chi connectivity index (χ1v) is 11.9. The molecule has 1 aromatic carbocycles. The Labute approximate surface area is 203 Å². The summed E-state index contributed by atoms with van der Waals surface area (Å²) in [5.74, 6) is -0.232. The van der Waals surface area contributed by atoms with Crippen molar-refractivity contribution in [3.63, 3.8) is 0 Å². The number of aryl methyl sites for hydroxylation is 2. The minimum absolute atomic E-state index is 0.0539. The summed E-state index contributed by atoms with van der Waals surface area (Å²) in [5, 5.41) is 10.2. The van der Waals surface area contributed by atoms with Crippen molar-refractivity contribution in [3.05, 3.63) is 65.5 Å². The monoisotopic (exact) mass is 518 g/mol. The van der Waals surface area contributed by atoms with Gasteiger partial charge in [0.15, 0.2) is 5.82 Å². The van der Waals surface area contributed by atoms with Crippen LogP contribution in [0.15, 0.2) is 47.8 Å². The molecule has 0 saturated heterocycles. The smallest absolute Gasteiger partial charge is 0.290 e. The first-order valence-electron chi connectivity index (χ1n) is 10.4. The first kappa shape index (κ1) is 25.2. The fourth-order valence-corrected chi connectivity index (χ4v) is 4.73. The number of pyridine rings is 1. The average molecular weight is 518 g/mol. The number of hydrogen-bond acceptors (Lipinski definition) is 6. The molecule has 0 aliphatic rings. The normalized spacial score (nSPS) is 13.1. The molecule has 1 N–H and O–H groups in total.